The van der Waals surface area contributed by atoms with Crippen LogP contribution in [0.15, 0.2) is 42.5 Å². The van der Waals surface area contributed by atoms with Gasteiger partial charge in [0.25, 0.3) is 5.69 Å². The molecule has 0 amide bonds. The molecule has 0 aliphatic carbocycles. The van der Waals surface area contributed by atoms with Crippen molar-refractivity contribution >= 4 is 23.1 Å². The molecular formula is C15H12ClNO3. The fraction of sp³-hybridized carbons (Fsp3) is 0.133. The SMILES string of the molecule is Cc1ccc(C(=O)Cc2ccc([N+](=O)[O-])cc2)cc1Cl. The van der Waals surface area contributed by atoms with Crippen molar-refractivity contribution < 1.29 is 9.72 Å². The predicted octanol–water partition coefficient (Wildman–Crippen LogP) is 3.98. The number of nitro benzene ring substituents is 1. The minimum absolute atomic E-state index is 0.0135. The second-order valence-corrected chi connectivity index (χ2v) is 4.89. The molecule has 0 aliphatic rings. The molecule has 2 rings (SSSR count). The number of halogens is 1. The van der Waals surface area contributed by atoms with E-state index in [0.29, 0.717) is 10.6 Å². The summed E-state index contributed by atoms with van der Waals surface area (Å²) in [7, 11) is 0. The van der Waals surface area contributed by atoms with Gasteiger partial charge in [-0.1, -0.05) is 35.9 Å². The summed E-state index contributed by atoms with van der Waals surface area (Å²) in [4.78, 5) is 22.2. The molecule has 102 valence electrons. The number of carbonyl (C=O) groups is 1. The Labute approximate surface area is 121 Å². The fourth-order valence-corrected chi connectivity index (χ4v) is 1.97. The number of hydrogen-bond donors (Lipinski definition) is 0. The van der Waals surface area contributed by atoms with E-state index < -0.39 is 4.92 Å². The average Bonchev–Trinajstić information content (AvgIpc) is 2.42. The van der Waals surface area contributed by atoms with Gasteiger partial charge in [0, 0.05) is 29.1 Å². The molecule has 2 aromatic rings. The van der Waals surface area contributed by atoms with E-state index in [4.69, 9.17) is 11.6 Å². The number of rotatable bonds is 4. The van der Waals surface area contributed by atoms with E-state index in [0.717, 1.165) is 11.1 Å². The van der Waals surface area contributed by atoms with E-state index in [1.807, 2.05) is 6.92 Å². The quantitative estimate of drug-likeness (QED) is 0.486. The second kappa shape index (κ2) is 5.84. The van der Waals surface area contributed by atoms with E-state index in [-0.39, 0.29) is 17.9 Å². The van der Waals surface area contributed by atoms with E-state index in [9.17, 15) is 14.9 Å². The van der Waals surface area contributed by atoms with Gasteiger partial charge in [-0.3, -0.25) is 14.9 Å². The molecule has 0 atom stereocenters. The van der Waals surface area contributed by atoms with Crippen molar-refractivity contribution in [2.75, 3.05) is 0 Å². The van der Waals surface area contributed by atoms with Gasteiger partial charge in [0.2, 0.25) is 0 Å². The van der Waals surface area contributed by atoms with Crippen molar-refractivity contribution in [3.05, 3.63) is 74.3 Å². The molecule has 2 aromatic carbocycles. The van der Waals surface area contributed by atoms with Gasteiger partial charge in [0.05, 0.1) is 4.92 Å². The zero-order valence-corrected chi connectivity index (χ0v) is 11.6. The summed E-state index contributed by atoms with van der Waals surface area (Å²) >= 11 is 5.99. The number of non-ortho nitro benzene ring substituents is 1. The number of aryl methyl sites for hydroxylation is 1. The molecule has 0 aromatic heterocycles. The Hall–Kier alpha value is -2.20. The minimum Gasteiger partial charge on any atom is -0.294 e. The number of Topliss-reactive ketones (excluding diaryl/α,β-unsaturated/α-hetero) is 1. The topological polar surface area (TPSA) is 60.2 Å². The number of benzene rings is 2. The highest BCUT2D eigenvalue weighted by Gasteiger charge is 2.10. The summed E-state index contributed by atoms with van der Waals surface area (Å²) in [5.74, 6) is -0.0687. The van der Waals surface area contributed by atoms with Crippen molar-refractivity contribution in [3.63, 3.8) is 0 Å². The van der Waals surface area contributed by atoms with Gasteiger partial charge in [0.1, 0.15) is 0 Å². The van der Waals surface area contributed by atoms with Crippen LogP contribution >= 0.6 is 11.6 Å². The highest BCUT2D eigenvalue weighted by atomic mass is 35.5. The number of carbonyl (C=O) groups excluding carboxylic acids is 1. The average molecular weight is 290 g/mol. The first-order chi connectivity index (χ1) is 9.47. The Morgan fingerprint density at radius 3 is 2.40 bits per heavy atom. The Kier molecular flexibility index (Phi) is 4.15. The van der Waals surface area contributed by atoms with Gasteiger partial charge in [0.15, 0.2) is 5.78 Å². The van der Waals surface area contributed by atoms with Crippen molar-refractivity contribution in [2.24, 2.45) is 0 Å². The fourth-order valence-electron chi connectivity index (χ4n) is 1.79. The largest absolute Gasteiger partial charge is 0.294 e. The van der Waals surface area contributed by atoms with Crippen LogP contribution in [-0.2, 0) is 6.42 Å². The molecule has 0 spiro atoms. The lowest BCUT2D eigenvalue weighted by molar-refractivity contribution is -0.384. The van der Waals surface area contributed by atoms with E-state index in [1.54, 1.807) is 30.3 Å². The van der Waals surface area contributed by atoms with Crippen LogP contribution in [0.4, 0.5) is 5.69 Å². The molecule has 4 nitrogen and oxygen atoms in total. The molecule has 20 heavy (non-hydrogen) atoms. The lowest BCUT2D eigenvalue weighted by Gasteiger charge is -2.04. The Balaban J connectivity index is 2.14. The molecule has 0 bridgehead atoms. The second-order valence-electron chi connectivity index (χ2n) is 4.49. The van der Waals surface area contributed by atoms with Crippen LogP contribution in [0.2, 0.25) is 5.02 Å². The van der Waals surface area contributed by atoms with Gasteiger partial charge < -0.3 is 0 Å². The molecule has 0 saturated carbocycles. The Morgan fingerprint density at radius 2 is 1.85 bits per heavy atom. The number of ketones is 1. The Bertz CT molecular complexity index is 665. The molecule has 5 heteroatoms. The first-order valence-electron chi connectivity index (χ1n) is 6.00. The molecule has 0 saturated heterocycles. The normalized spacial score (nSPS) is 10.3. The van der Waals surface area contributed by atoms with Crippen LogP contribution in [0, 0.1) is 17.0 Å². The summed E-state index contributed by atoms with van der Waals surface area (Å²) < 4.78 is 0. The van der Waals surface area contributed by atoms with Crippen LogP contribution in [0.25, 0.3) is 0 Å². The van der Waals surface area contributed by atoms with E-state index in [2.05, 4.69) is 0 Å². The number of nitrogens with zero attached hydrogens (tertiary/aromatic N) is 1. The summed E-state index contributed by atoms with van der Waals surface area (Å²) in [5.41, 5.74) is 2.20. The number of hydrogen-bond acceptors (Lipinski definition) is 3. The van der Waals surface area contributed by atoms with Crippen LogP contribution < -0.4 is 0 Å². The monoisotopic (exact) mass is 289 g/mol. The van der Waals surface area contributed by atoms with Crippen molar-refractivity contribution in [3.8, 4) is 0 Å². The first-order valence-corrected chi connectivity index (χ1v) is 6.38. The predicted molar refractivity (Wildman–Crippen MR) is 77.3 cm³/mol. The van der Waals surface area contributed by atoms with Gasteiger partial charge in [-0.2, -0.15) is 0 Å². The maximum Gasteiger partial charge on any atom is 0.269 e. The first kappa shape index (κ1) is 14.2. The van der Waals surface area contributed by atoms with E-state index >= 15 is 0 Å². The maximum absolute atomic E-state index is 12.1. The summed E-state index contributed by atoms with van der Waals surface area (Å²) in [6.45, 7) is 1.87. The third kappa shape index (κ3) is 3.22. The molecule has 0 unspecified atom stereocenters. The standard InChI is InChI=1S/C15H12ClNO3/c1-10-2-5-12(9-14(10)16)15(18)8-11-3-6-13(7-4-11)17(19)20/h2-7,9H,8H2,1H3. The lowest BCUT2D eigenvalue weighted by Crippen LogP contribution is -2.03. The van der Waals surface area contributed by atoms with Crippen LogP contribution in [0.3, 0.4) is 0 Å². The van der Waals surface area contributed by atoms with Crippen LogP contribution in [-0.4, -0.2) is 10.7 Å². The van der Waals surface area contributed by atoms with E-state index in [1.165, 1.54) is 12.1 Å². The van der Waals surface area contributed by atoms with Crippen molar-refractivity contribution in [1.29, 1.82) is 0 Å². The van der Waals surface area contributed by atoms with Gasteiger partial charge in [-0.25, -0.2) is 0 Å². The van der Waals surface area contributed by atoms with Crippen molar-refractivity contribution in [1.82, 2.24) is 0 Å². The summed E-state index contributed by atoms with van der Waals surface area (Å²) in [6, 6.07) is 11.1. The highest BCUT2D eigenvalue weighted by molar-refractivity contribution is 6.31. The lowest BCUT2D eigenvalue weighted by atomic mass is 10.0. The Morgan fingerprint density at radius 1 is 1.20 bits per heavy atom. The van der Waals surface area contributed by atoms with Gasteiger partial charge in [-0.05, 0) is 24.1 Å². The third-order valence-corrected chi connectivity index (χ3v) is 3.41. The molecular weight excluding hydrogens is 278 g/mol. The van der Waals surface area contributed by atoms with Gasteiger partial charge >= 0.3 is 0 Å². The zero-order chi connectivity index (χ0) is 14.7. The highest BCUT2D eigenvalue weighted by Crippen LogP contribution is 2.19. The molecule has 0 aliphatic heterocycles. The van der Waals surface area contributed by atoms with Crippen LogP contribution in [0.1, 0.15) is 21.5 Å². The zero-order valence-electron chi connectivity index (χ0n) is 10.8. The van der Waals surface area contributed by atoms with Gasteiger partial charge in [-0.15, -0.1) is 0 Å². The van der Waals surface area contributed by atoms with Crippen LogP contribution in [0.5, 0.6) is 0 Å². The minimum atomic E-state index is -0.467. The molecule has 0 radical (unpaired) electrons. The summed E-state index contributed by atoms with van der Waals surface area (Å²) in [6.07, 6.45) is 0.192. The smallest absolute Gasteiger partial charge is 0.269 e. The molecule has 0 fully saturated rings. The third-order valence-electron chi connectivity index (χ3n) is 3.01. The molecule has 0 heterocycles. The van der Waals surface area contributed by atoms with Crippen molar-refractivity contribution in [2.45, 2.75) is 13.3 Å². The number of nitro groups is 1. The summed E-state index contributed by atoms with van der Waals surface area (Å²) in [5, 5.41) is 11.1. The maximum atomic E-state index is 12.1. The molecule has 0 N–H and O–H groups in total.